The quantitative estimate of drug-likeness (QED) is 0.395. The number of ether oxygens (including phenoxy) is 2. The number of aromatic hydroxyl groups is 1. The Morgan fingerprint density at radius 3 is 2.14 bits per heavy atom. The molecule has 0 aliphatic carbocycles. The first kappa shape index (κ1) is 23.5. The molecule has 0 aliphatic rings. The summed E-state index contributed by atoms with van der Waals surface area (Å²) in [6.45, 7) is 5.12. The number of halogens is 2. The number of amides is 1. The molecule has 2 aromatic carbocycles. The molecule has 2 rings (SSSR count). The second kappa shape index (κ2) is 9.83. The number of hydrogen-bond acceptors (Lipinski definition) is 5. The van der Waals surface area contributed by atoms with Gasteiger partial charge < -0.3 is 25.0 Å². The standard InChI is InChI=1S/C20H21I2NO6/c1-20(2,3)29-19(27)23-16(18(25)26)10-11-8-14(21)17(15(22)9-11)28-13-6-4-12(24)5-7-13/h4-9,16,24H,10H2,1-3H3,(H,23,27)(H,25,26). The average molecular weight is 625 g/mol. The van der Waals surface area contributed by atoms with Crippen molar-refractivity contribution in [2.24, 2.45) is 0 Å². The predicted octanol–water partition coefficient (Wildman–Crippen LogP) is 4.91. The van der Waals surface area contributed by atoms with Gasteiger partial charge in [0, 0.05) is 6.42 Å². The summed E-state index contributed by atoms with van der Waals surface area (Å²) in [7, 11) is 0. The van der Waals surface area contributed by atoms with Gasteiger partial charge in [0.15, 0.2) is 5.75 Å². The summed E-state index contributed by atoms with van der Waals surface area (Å²) < 4.78 is 12.6. The minimum absolute atomic E-state index is 0.0973. The molecular weight excluding hydrogens is 604 g/mol. The maximum absolute atomic E-state index is 11.9. The highest BCUT2D eigenvalue weighted by Gasteiger charge is 2.25. The Bertz CT molecular complexity index is 870. The van der Waals surface area contributed by atoms with Crippen molar-refractivity contribution in [1.29, 1.82) is 0 Å². The Balaban J connectivity index is 2.16. The summed E-state index contributed by atoms with van der Waals surface area (Å²) in [5, 5.41) is 21.2. The van der Waals surface area contributed by atoms with Crippen LogP contribution in [0.4, 0.5) is 4.79 Å². The Morgan fingerprint density at radius 1 is 1.10 bits per heavy atom. The van der Waals surface area contributed by atoms with Crippen molar-refractivity contribution in [3.05, 3.63) is 49.1 Å². The molecule has 0 saturated heterocycles. The molecule has 9 heteroatoms. The van der Waals surface area contributed by atoms with E-state index in [0.29, 0.717) is 11.5 Å². The minimum atomic E-state index is -1.15. The van der Waals surface area contributed by atoms with Gasteiger partial charge in [-0.2, -0.15) is 0 Å². The monoisotopic (exact) mass is 625 g/mol. The molecule has 0 fully saturated rings. The number of carboxylic acids is 1. The number of nitrogens with one attached hydrogen (secondary N) is 1. The molecule has 1 unspecified atom stereocenters. The molecule has 1 amide bonds. The molecule has 0 saturated carbocycles. The van der Waals surface area contributed by atoms with Gasteiger partial charge in [-0.05, 0) is 108 Å². The summed E-state index contributed by atoms with van der Waals surface area (Å²) in [6.07, 6.45) is -0.679. The lowest BCUT2D eigenvalue weighted by Crippen LogP contribution is -2.44. The second-order valence-electron chi connectivity index (χ2n) is 7.23. The largest absolute Gasteiger partial charge is 0.508 e. The van der Waals surface area contributed by atoms with E-state index in [4.69, 9.17) is 9.47 Å². The molecule has 0 heterocycles. The smallest absolute Gasteiger partial charge is 0.408 e. The number of phenolic OH excluding ortho intramolecular Hbond substituents is 1. The van der Waals surface area contributed by atoms with Crippen molar-refractivity contribution in [3.63, 3.8) is 0 Å². The first-order valence-electron chi connectivity index (χ1n) is 8.62. The fraction of sp³-hybridized carbons (Fsp3) is 0.300. The summed E-state index contributed by atoms with van der Waals surface area (Å²) in [5.41, 5.74) is 0.0192. The lowest BCUT2D eigenvalue weighted by Gasteiger charge is -2.22. The molecule has 0 bridgehead atoms. The zero-order valence-corrected chi connectivity index (χ0v) is 20.3. The van der Waals surface area contributed by atoms with Crippen molar-refractivity contribution in [2.45, 2.75) is 38.8 Å². The summed E-state index contributed by atoms with van der Waals surface area (Å²) in [6, 6.07) is 8.87. The molecule has 3 N–H and O–H groups in total. The maximum Gasteiger partial charge on any atom is 0.408 e. The van der Waals surface area contributed by atoms with Crippen LogP contribution < -0.4 is 10.1 Å². The molecule has 0 radical (unpaired) electrons. The van der Waals surface area contributed by atoms with Gasteiger partial charge in [-0.25, -0.2) is 9.59 Å². The Hall–Kier alpha value is -1.76. The Labute approximate surface area is 196 Å². The van der Waals surface area contributed by atoms with Crippen LogP contribution in [0.25, 0.3) is 0 Å². The van der Waals surface area contributed by atoms with Crippen LogP contribution in [0.2, 0.25) is 0 Å². The van der Waals surface area contributed by atoms with Crippen LogP contribution in [0.5, 0.6) is 17.2 Å². The molecule has 156 valence electrons. The van der Waals surface area contributed by atoms with Gasteiger partial charge in [-0.15, -0.1) is 0 Å². The lowest BCUT2D eigenvalue weighted by atomic mass is 10.1. The van der Waals surface area contributed by atoms with E-state index in [2.05, 4.69) is 50.5 Å². The number of rotatable bonds is 6. The van der Waals surface area contributed by atoms with E-state index in [-0.39, 0.29) is 12.2 Å². The van der Waals surface area contributed by atoms with Crippen molar-refractivity contribution >= 4 is 57.2 Å². The van der Waals surface area contributed by atoms with Gasteiger partial charge in [-0.3, -0.25) is 0 Å². The summed E-state index contributed by atoms with van der Waals surface area (Å²) in [4.78, 5) is 23.5. The van der Waals surface area contributed by atoms with Gasteiger partial charge in [-0.1, -0.05) is 0 Å². The highest BCUT2D eigenvalue weighted by molar-refractivity contribution is 14.1. The lowest BCUT2D eigenvalue weighted by molar-refractivity contribution is -0.139. The van der Waals surface area contributed by atoms with Gasteiger partial charge in [0.2, 0.25) is 0 Å². The summed E-state index contributed by atoms with van der Waals surface area (Å²) in [5.74, 6) is 0.202. The third kappa shape index (κ3) is 7.53. The highest BCUT2D eigenvalue weighted by Crippen LogP contribution is 2.33. The van der Waals surface area contributed by atoms with E-state index in [9.17, 15) is 19.8 Å². The van der Waals surface area contributed by atoms with Crippen LogP contribution >= 0.6 is 45.2 Å². The molecule has 0 aliphatic heterocycles. The number of benzene rings is 2. The van der Waals surface area contributed by atoms with E-state index in [1.54, 1.807) is 32.9 Å². The van der Waals surface area contributed by atoms with Gasteiger partial charge in [0.05, 0.1) is 7.14 Å². The highest BCUT2D eigenvalue weighted by atomic mass is 127. The fourth-order valence-electron chi connectivity index (χ4n) is 2.35. The number of carbonyl (C=O) groups is 2. The van der Waals surface area contributed by atoms with E-state index < -0.39 is 23.7 Å². The topological polar surface area (TPSA) is 105 Å². The van der Waals surface area contributed by atoms with Crippen LogP contribution in [-0.2, 0) is 16.0 Å². The number of carboxylic acid groups (broad SMARTS) is 1. The van der Waals surface area contributed by atoms with E-state index >= 15 is 0 Å². The third-order valence-electron chi connectivity index (χ3n) is 3.54. The molecule has 0 aromatic heterocycles. The number of hydrogen-bond donors (Lipinski definition) is 3. The normalized spacial score (nSPS) is 12.2. The average Bonchev–Trinajstić information content (AvgIpc) is 2.57. The van der Waals surface area contributed by atoms with Crippen molar-refractivity contribution in [2.75, 3.05) is 0 Å². The number of aliphatic carboxylic acids is 1. The van der Waals surface area contributed by atoms with Crippen LogP contribution in [0, 0.1) is 7.14 Å². The van der Waals surface area contributed by atoms with Crippen molar-refractivity contribution in [1.82, 2.24) is 5.32 Å². The van der Waals surface area contributed by atoms with Crippen LogP contribution in [0.1, 0.15) is 26.3 Å². The minimum Gasteiger partial charge on any atom is -0.508 e. The molecule has 7 nitrogen and oxygen atoms in total. The zero-order valence-electron chi connectivity index (χ0n) is 16.0. The first-order chi connectivity index (χ1) is 13.4. The maximum atomic E-state index is 11.9. The zero-order chi connectivity index (χ0) is 21.8. The molecule has 1 atom stereocenters. The Kier molecular flexibility index (Phi) is 7.97. The fourth-order valence-corrected chi connectivity index (χ4v) is 4.46. The number of alkyl carbamates (subject to hydrolysis) is 1. The van der Waals surface area contributed by atoms with Gasteiger partial charge in [0.1, 0.15) is 23.1 Å². The predicted molar refractivity (Wildman–Crippen MR) is 125 cm³/mol. The van der Waals surface area contributed by atoms with E-state index in [0.717, 1.165) is 12.7 Å². The molecular formula is C20H21I2NO6. The molecule has 2 aromatic rings. The first-order valence-corrected chi connectivity index (χ1v) is 10.8. The van der Waals surface area contributed by atoms with Gasteiger partial charge in [0.25, 0.3) is 0 Å². The van der Waals surface area contributed by atoms with E-state index in [1.165, 1.54) is 12.1 Å². The Morgan fingerprint density at radius 2 is 1.66 bits per heavy atom. The molecule has 29 heavy (non-hydrogen) atoms. The molecule has 0 spiro atoms. The number of carbonyl (C=O) groups excluding carboxylic acids is 1. The van der Waals surface area contributed by atoms with Crippen molar-refractivity contribution < 1.29 is 29.3 Å². The second-order valence-corrected chi connectivity index (χ2v) is 9.55. The third-order valence-corrected chi connectivity index (χ3v) is 5.15. The van der Waals surface area contributed by atoms with Gasteiger partial charge >= 0.3 is 12.1 Å². The SMILES string of the molecule is CC(C)(C)OC(=O)NC(Cc1cc(I)c(Oc2ccc(O)cc2)c(I)c1)C(=O)O. The van der Waals surface area contributed by atoms with Crippen LogP contribution in [-0.4, -0.2) is 33.9 Å². The van der Waals surface area contributed by atoms with E-state index in [1.807, 2.05) is 12.1 Å². The van der Waals surface area contributed by atoms with Crippen LogP contribution in [0.3, 0.4) is 0 Å². The summed E-state index contributed by atoms with van der Waals surface area (Å²) >= 11 is 4.23. The van der Waals surface area contributed by atoms with Crippen molar-refractivity contribution in [3.8, 4) is 17.2 Å². The number of phenols is 1. The van der Waals surface area contributed by atoms with Crippen LogP contribution in [0.15, 0.2) is 36.4 Å².